The Hall–Kier alpha value is -4.43. The van der Waals surface area contributed by atoms with E-state index in [2.05, 4.69) is 57.4 Å². The van der Waals surface area contributed by atoms with Crippen LogP contribution >= 0.6 is 0 Å². The third-order valence-electron chi connectivity index (χ3n) is 6.67. The predicted molar refractivity (Wildman–Crippen MR) is 145 cm³/mol. The zero-order chi connectivity index (χ0) is 25.8. The normalized spacial score (nSPS) is 12.6. The Bertz CT molecular complexity index is 1610. The Morgan fingerprint density at radius 3 is 2.41 bits per heavy atom. The van der Waals surface area contributed by atoms with E-state index in [0.29, 0.717) is 26.0 Å². The van der Waals surface area contributed by atoms with Gasteiger partial charge in [0.15, 0.2) is 0 Å². The highest BCUT2D eigenvalue weighted by Crippen LogP contribution is 2.34. The second-order valence-electron chi connectivity index (χ2n) is 9.02. The van der Waals surface area contributed by atoms with Gasteiger partial charge in [-0.2, -0.15) is 0 Å². The Kier molecular flexibility index (Phi) is 7.00. The number of aliphatic carboxylic acids is 1. The minimum atomic E-state index is -0.778. The minimum absolute atomic E-state index is 0.159. The lowest BCUT2D eigenvalue weighted by Crippen LogP contribution is -2.07. The summed E-state index contributed by atoms with van der Waals surface area (Å²) >= 11 is 0. The molecular formula is C29H29N5O3. The second-order valence-corrected chi connectivity index (χ2v) is 9.02. The average molecular weight is 496 g/mol. The largest absolute Gasteiger partial charge is 0.493 e. The van der Waals surface area contributed by atoms with Gasteiger partial charge < -0.3 is 26.0 Å². The molecule has 0 saturated heterocycles. The zero-order valence-electron chi connectivity index (χ0n) is 20.4. The number of nitrogens with zero attached hydrogens (tertiary/aromatic N) is 3. The maximum absolute atomic E-state index is 10.8. The first-order valence-electron chi connectivity index (χ1n) is 12.3. The summed E-state index contributed by atoms with van der Waals surface area (Å²) in [6, 6.07) is 26.8. The van der Waals surface area contributed by atoms with E-state index in [4.69, 9.17) is 21.4 Å². The molecule has 0 amide bonds. The van der Waals surface area contributed by atoms with E-state index in [9.17, 15) is 4.79 Å². The number of para-hydroxylation sites is 1. The van der Waals surface area contributed by atoms with Gasteiger partial charge in [0.05, 0.1) is 6.61 Å². The molecule has 1 heterocycles. The summed E-state index contributed by atoms with van der Waals surface area (Å²) in [5.41, 5.74) is 10.4. The van der Waals surface area contributed by atoms with Crippen LogP contribution < -0.4 is 16.3 Å². The van der Waals surface area contributed by atoms with Crippen molar-refractivity contribution in [3.63, 3.8) is 0 Å². The van der Waals surface area contributed by atoms with Gasteiger partial charge in [0.2, 0.25) is 0 Å². The molecule has 188 valence electrons. The molecule has 0 radical (unpaired) electrons. The lowest BCUT2D eigenvalue weighted by Gasteiger charge is -2.14. The van der Waals surface area contributed by atoms with Gasteiger partial charge in [0.25, 0.3) is 0 Å². The molecule has 0 fully saturated rings. The van der Waals surface area contributed by atoms with Crippen LogP contribution in [-0.2, 0) is 11.3 Å². The molecule has 5 N–H and O–H groups in total. The molecule has 1 atom stereocenters. The van der Waals surface area contributed by atoms with E-state index < -0.39 is 12.1 Å². The van der Waals surface area contributed by atoms with Crippen molar-refractivity contribution < 1.29 is 14.6 Å². The smallest absolute Gasteiger partial charge is 0.303 e. The number of benzene rings is 4. The van der Waals surface area contributed by atoms with Gasteiger partial charge in [-0.15, -0.1) is 5.11 Å². The lowest BCUT2D eigenvalue weighted by molar-refractivity contribution is -0.137. The maximum Gasteiger partial charge on any atom is 0.303 e. The van der Waals surface area contributed by atoms with E-state index in [-0.39, 0.29) is 6.42 Å². The van der Waals surface area contributed by atoms with E-state index in [1.807, 2.05) is 36.4 Å². The standard InChI is InChI=1S/C29H29N5O3/c30-29(32-33-31)19-12-14-26-24(17-19)22-8-3-4-10-25(22)34(26)18-20-13-15-27(23-9-2-1-7-21(20)23)37-16-6-5-11-28(35)36/h1-4,7-10,12-15,17,29H,5-6,11,16,18,30H2,(H2,31,32)(H,35,36). The number of fused-ring (bicyclic) bond motifs is 4. The van der Waals surface area contributed by atoms with Crippen molar-refractivity contribution in [1.82, 2.24) is 4.57 Å². The first-order chi connectivity index (χ1) is 18.1. The highest BCUT2D eigenvalue weighted by atomic mass is 16.5. The summed E-state index contributed by atoms with van der Waals surface area (Å²) in [5, 5.41) is 20.5. The molecule has 0 aliphatic carbocycles. The molecule has 0 aliphatic rings. The molecular weight excluding hydrogens is 466 g/mol. The van der Waals surface area contributed by atoms with E-state index in [1.54, 1.807) is 0 Å². The number of hydrogen-bond acceptors (Lipinski definition) is 5. The van der Waals surface area contributed by atoms with Gasteiger partial charge in [0, 0.05) is 40.2 Å². The molecule has 5 aromatic rings. The van der Waals surface area contributed by atoms with Crippen LogP contribution in [0.5, 0.6) is 5.75 Å². The Morgan fingerprint density at radius 2 is 1.62 bits per heavy atom. The number of unbranched alkanes of at least 4 members (excludes halogenated alkanes) is 1. The van der Waals surface area contributed by atoms with E-state index in [0.717, 1.165) is 43.9 Å². The van der Waals surface area contributed by atoms with Gasteiger partial charge in [-0.05, 0) is 53.6 Å². The van der Waals surface area contributed by atoms with Gasteiger partial charge in [-0.1, -0.05) is 59.8 Å². The molecule has 0 bridgehead atoms. The van der Waals surface area contributed by atoms with Gasteiger partial charge in [-0.25, -0.2) is 0 Å². The first-order valence-corrected chi connectivity index (χ1v) is 12.3. The number of ether oxygens (including phenoxy) is 1. The number of aromatic nitrogens is 1. The van der Waals surface area contributed by atoms with E-state index in [1.165, 1.54) is 5.56 Å². The van der Waals surface area contributed by atoms with Crippen LogP contribution in [0.25, 0.3) is 32.6 Å². The van der Waals surface area contributed by atoms with Gasteiger partial charge in [-0.3, -0.25) is 4.79 Å². The number of rotatable bonds is 10. The van der Waals surface area contributed by atoms with Crippen LogP contribution in [0.2, 0.25) is 0 Å². The summed E-state index contributed by atoms with van der Waals surface area (Å²) in [5.74, 6) is 5.24. The third kappa shape index (κ3) is 4.96. The Balaban J connectivity index is 1.51. The van der Waals surface area contributed by atoms with Crippen LogP contribution in [0.4, 0.5) is 0 Å². The topological polar surface area (TPSA) is 128 Å². The summed E-state index contributed by atoms with van der Waals surface area (Å²) in [7, 11) is 0. The maximum atomic E-state index is 10.8. The van der Waals surface area contributed by atoms with Crippen LogP contribution in [0, 0.1) is 0 Å². The molecule has 37 heavy (non-hydrogen) atoms. The molecule has 4 aromatic carbocycles. The molecule has 1 unspecified atom stereocenters. The van der Waals surface area contributed by atoms with Crippen molar-refractivity contribution in [2.24, 2.45) is 21.9 Å². The summed E-state index contributed by atoms with van der Waals surface area (Å²) in [6.07, 6.45) is 0.840. The fraction of sp³-hybridized carbons (Fsp3) is 0.207. The number of hydrogen-bond donors (Lipinski definition) is 3. The molecule has 0 aliphatic heterocycles. The number of carbonyl (C=O) groups is 1. The molecule has 8 nitrogen and oxygen atoms in total. The predicted octanol–water partition coefficient (Wildman–Crippen LogP) is 5.91. The van der Waals surface area contributed by atoms with Gasteiger partial charge in [0.1, 0.15) is 11.9 Å². The summed E-state index contributed by atoms with van der Waals surface area (Å²) < 4.78 is 8.37. The van der Waals surface area contributed by atoms with Crippen molar-refractivity contribution >= 4 is 38.5 Å². The second kappa shape index (κ2) is 10.7. The van der Waals surface area contributed by atoms with Crippen molar-refractivity contribution in [3.8, 4) is 5.75 Å². The SMILES string of the molecule is NN=NC(N)c1ccc2c(c1)c1ccccc1n2Cc1ccc(OCCCCC(=O)O)c2ccccc12. The highest BCUT2D eigenvalue weighted by molar-refractivity contribution is 6.08. The number of carboxylic acids is 1. The van der Waals surface area contributed by atoms with Crippen molar-refractivity contribution in [2.75, 3.05) is 6.61 Å². The average Bonchev–Trinajstić information content (AvgIpc) is 3.22. The highest BCUT2D eigenvalue weighted by Gasteiger charge is 2.15. The Morgan fingerprint density at radius 1 is 0.892 bits per heavy atom. The summed E-state index contributed by atoms with van der Waals surface area (Å²) in [4.78, 5) is 10.8. The number of carboxylic acid groups (broad SMARTS) is 1. The molecule has 8 heteroatoms. The van der Waals surface area contributed by atoms with Crippen LogP contribution in [0.15, 0.2) is 89.2 Å². The van der Waals surface area contributed by atoms with Crippen LogP contribution in [0.1, 0.15) is 36.6 Å². The zero-order valence-corrected chi connectivity index (χ0v) is 20.4. The summed E-state index contributed by atoms with van der Waals surface area (Å²) in [6.45, 7) is 1.16. The van der Waals surface area contributed by atoms with Crippen LogP contribution in [-0.4, -0.2) is 22.2 Å². The third-order valence-corrected chi connectivity index (χ3v) is 6.67. The quantitative estimate of drug-likeness (QED) is 0.0960. The van der Waals surface area contributed by atoms with Crippen molar-refractivity contribution in [1.29, 1.82) is 0 Å². The fourth-order valence-electron chi connectivity index (χ4n) is 4.89. The van der Waals surface area contributed by atoms with Crippen LogP contribution in [0.3, 0.4) is 0 Å². The monoisotopic (exact) mass is 495 g/mol. The Labute approximate surface area is 214 Å². The number of nitrogens with two attached hydrogens (primary N) is 2. The first kappa shape index (κ1) is 24.3. The lowest BCUT2D eigenvalue weighted by atomic mass is 10.0. The van der Waals surface area contributed by atoms with E-state index >= 15 is 0 Å². The van der Waals surface area contributed by atoms with Gasteiger partial charge >= 0.3 is 5.97 Å². The fourth-order valence-corrected chi connectivity index (χ4v) is 4.89. The van der Waals surface area contributed by atoms with Crippen molar-refractivity contribution in [3.05, 3.63) is 90.0 Å². The molecule has 5 rings (SSSR count). The molecule has 0 saturated carbocycles. The van der Waals surface area contributed by atoms with Crippen molar-refractivity contribution in [2.45, 2.75) is 32.0 Å². The minimum Gasteiger partial charge on any atom is -0.493 e. The molecule has 0 spiro atoms. The molecule has 1 aromatic heterocycles.